The molecule has 0 aromatic heterocycles. The lowest BCUT2D eigenvalue weighted by atomic mass is 10.1. The Kier molecular flexibility index (Phi) is 18.7. The molecule has 0 unspecified atom stereocenters. The lowest BCUT2D eigenvalue weighted by molar-refractivity contribution is -0.169. The molecule has 0 aliphatic carbocycles. The van der Waals surface area contributed by atoms with E-state index in [9.17, 15) is 19.2 Å². The second kappa shape index (κ2) is 20.2. The van der Waals surface area contributed by atoms with Crippen LogP contribution < -0.4 is 0 Å². The third-order valence-electron chi connectivity index (χ3n) is 4.30. The van der Waals surface area contributed by atoms with Gasteiger partial charge in [-0.05, 0) is 25.7 Å². The van der Waals surface area contributed by atoms with Crippen LogP contribution >= 0.6 is 0 Å². The highest BCUT2D eigenvalue weighted by Crippen LogP contribution is 2.11. The maximum Gasteiger partial charge on any atom is 0.308 e. The zero-order valence-electron chi connectivity index (χ0n) is 18.6. The highest BCUT2D eigenvalue weighted by Gasteiger charge is 2.06. The molecule has 0 aromatic rings. The first-order valence-electron chi connectivity index (χ1n) is 11.1. The third-order valence-corrected chi connectivity index (χ3v) is 4.30. The van der Waals surface area contributed by atoms with Crippen molar-refractivity contribution in [3.8, 4) is 0 Å². The van der Waals surface area contributed by atoms with Crippen molar-refractivity contribution in [1.29, 1.82) is 0 Å². The summed E-state index contributed by atoms with van der Waals surface area (Å²) in [7, 11) is 0. The summed E-state index contributed by atoms with van der Waals surface area (Å²) in [5.41, 5.74) is 0. The highest BCUT2D eigenvalue weighted by molar-refractivity contribution is 5.71. The fourth-order valence-corrected chi connectivity index (χ4v) is 2.62. The van der Waals surface area contributed by atoms with E-state index in [1.807, 2.05) is 13.8 Å². The number of hydrogen-bond acceptors (Lipinski definition) is 8. The summed E-state index contributed by atoms with van der Waals surface area (Å²) in [5.74, 6) is -1.39. The molecule has 0 aliphatic heterocycles. The molecular formula is C22H38O8. The van der Waals surface area contributed by atoms with Crippen LogP contribution in [0.5, 0.6) is 0 Å². The molecule has 0 amide bonds. The van der Waals surface area contributed by atoms with Crippen LogP contribution in [0.3, 0.4) is 0 Å². The van der Waals surface area contributed by atoms with Gasteiger partial charge in [-0.3, -0.25) is 19.2 Å². The minimum Gasteiger partial charge on any atom is -0.428 e. The molecule has 30 heavy (non-hydrogen) atoms. The fraction of sp³-hybridized carbons (Fsp3) is 0.818. The van der Waals surface area contributed by atoms with Gasteiger partial charge in [-0.15, -0.1) is 0 Å². The molecule has 0 rings (SSSR count). The van der Waals surface area contributed by atoms with E-state index < -0.39 is 0 Å². The molecule has 0 saturated heterocycles. The summed E-state index contributed by atoms with van der Waals surface area (Å²) in [5, 5.41) is 0. The Labute approximate surface area is 180 Å². The zero-order valence-corrected chi connectivity index (χ0v) is 18.6. The average molecular weight is 431 g/mol. The summed E-state index contributed by atoms with van der Waals surface area (Å²) in [6.45, 7) is 3.16. The van der Waals surface area contributed by atoms with E-state index >= 15 is 0 Å². The first kappa shape index (κ1) is 27.9. The van der Waals surface area contributed by atoms with E-state index in [0.717, 1.165) is 51.4 Å². The fourth-order valence-electron chi connectivity index (χ4n) is 2.62. The molecule has 8 nitrogen and oxygen atoms in total. The number of unbranched alkanes of at least 4 members (excludes halogenated alkanes) is 7. The van der Waals surface area contributed by atoms with Crippen molar-refractivity contribution in [3.63, 3.8) is 0 Å². The first-order chi connectivity index (χ1) is 14.5. The summed E-state index contributed by atoms with van der Waals surface area (Å²) < 4.78 is 19.2. The zero-order chi connectivity index (χ0) is 22.5. The SMILES string of the molecule is CCCC(=O)OCOC(=O)CCCCCCCCCCC(=O)OCOC(=O)CCC. The van der Waals surface area contributed by atoms with Gasteiger partial charge in [-0.25, -0.2) is 0 Å². The van der Waals surface area contributed by atoms with Gasteiger partial charge >= 0.3 is 23.9 Å². The molecule has 0 aliphatic rings. The predicted octanol–water partition coefficient (Wildman–Crippen LogP) is 4.58. The summed E-state index contributed by atoms with van der Waals surface area (Å²) >= 11 is 0. The van der Waals surface area contributed by atoms with Crippen LogP contribution in [0.15, 0.2) is 0 Å². The quantitative estimate of drug-likeness (QED) is 0.167. The Balaban J connectivity index is 3.36. The van der Waals surface area contributed by atoms with Crippen molar-refractivity contribution in [2.24, 2.45) is 0 Å². The number of hydrogen-bond donors (Lipinski definition) is 0. The molecule has 0 radical (unpaired) electrons. The van der Waals surface area contributed by atoms with Crippen molar-refractivity contribution < 1.29 is 38.1 Å². The molecule has 0 atom stereocenters. The summed E-state index contributed by atoms with van der Waals surface area (Å²) in [6.07, 6.45) is 10.4. The first-order valence-corrected chi connectivity index (χ1v) is 11.1. The normalized spacial score (nSPS) is 10.3. The maximum atomic E-state index is 11.5. The minimum absolute atomic E-state index is 0.296. The van der Waals surface area contributed by atoms with E-state index in [-0.39, 0.29) is 37.5 Å². The smallest absolute Gasteiger partial charge is 0.308 e. The molecule has 0 N–H and O–H groups in total. The molecular weight excluding hydrogens is 392 g/mol. The van der Waals surface area contributed by atoms with E-state index in [1.54, 1.807) is 0 Å². The molecule has 0 heterocycles. The molecule has 174 valence electrons. The van der Waals surface area contributed by atoms with E-state index in [4.69, 9.17) is 18.9 Å². The van der Waals surface area contributed by atoms with Crippen LogP contribution in [0.2, 0.25) is 0 Å². The van der Waals surface area contributed by atoms with Gasteiger partial charge in [-0.2, -0.15) is 0 Å². The topological polar surface area (TPSA) is 105 Å². The van der Waals surface area contributed by atoms with Crippen molar-refractivity contribution >= 4 is 23.9 Å². The van der Waals surface area contributed by atoms with Gasteiger partial charge in [0.2, 0.25) is 13.6 Å². The van der Waals surface area contributed by atoms with Crippen molar-refractivity contribution in [2.75, 3.05) is 13.6 Å². The summed E-state index contributed by atoms with van der Waals surface area (Å²) in [4.78, 5) is 45.2. The van der Waals surface area contributed by atoms with Gasteiger partial charge in [0.25, 0.3) is 0 Å². The number of carbonyl (C=O) groups is 4. The van der Waals surface area contributed by atoms with Crippen LogP contribution in [0, 0.1) is 0 Å². The molecule has 0 aromatic carbocycles. The van der Waals surface area contributed by atoms with Crippen molar-refractivity contribution in [1.82, 2.24) is 0 Å². The monoisotopic (exact) mass is 430 g/mol. The van der Waals surface area contributed by atoms with E-state index in [1.165, 1.54) is 0 Å². The van der Waals surface area contributed by atoms with Gasteiger partial charge in [0.15, 0.2) is 0 Å². The van der Waals surface area contributed by atoms with Gasteiger partial charge in [0, 0.05) is 25.7 Å². The maximum absolute atomic E-state index is 11.5. The van der Waals surface area contributed by atoms with Gasteiger partial charge in [0.05, 0.1) is 0 Å². The van der Waals surface area contributed by atoms with Crippen molar-refractivity contribution in [2.45, 2.75) is 104 Å². The van der Waals surface area contributed by atoms with Gasteiger partial charge in [0.1, 0.15) is 0 Å². The molecule has 0 spiro atoms. The van der Waals surface area contributed by atoms with Crippen LogP contribution in [-0.4, -0.2) is 37.5 Å². The lowest BCUT2D eigenvalue weighted by Crippen LogP contribution is -2.12. The Morgan fingerprint density at radius 1 is 0.433 bits per heavy atom. The lowest BCUT2D eigenvalue weighted by Gasteiger charge is -2.06. The van der Waals surface area contributed by atoms with Crippen LogP contribution in [0.1, 0.15) is 104 Å². The third kappa shape index (κ3) is 19.2. The van der Waals surface area contributed by atoms with Gasteiger partial charge < -0.3 is 18.9 Å². The molecule has 0 bridgehead atoms. The second-order valence-electron chi connectivity index (χ2n) is 7.13. The Bertz CT molecular complexity index is 446. The standard InChI is InChI=1S/C22H38O8/c1-3-13-19(23)27-17-29-21(25)15-11-9-7-5-6-8-10-12-16-22(26)30-18-28-20(24)14-4-2/h3-18H2,1-2H3. The largest absolute Gasteiger partial charge is 0.428 e. The molecule has 8 heteroatoms. The predicted molar refractivity (Wildman–Crippen MR) is 110 cm³/mol. The van der Waals surface area contributed by atoms with E-state index in [2.05, 4.69) is 0 Å². The molecule has 0 saturated carbocycles. The Morgan fingerprint density at radius 2 is 0.700 bits per heavy atom. The van der Waals surface area contributed by atoms with Crippen LogP contribution in [0.4, 0.5) is 0 Å². The van der Waals surface area contributed by atoms with Crippen LogP contribution in [-0.2, 0) is 38.1 Å². The van der Waals surface area contributed by atoms with Crippen LogP contribution in [0.25, 0.3) is 0 Å². The van der Waals surface area contributed by atoms with Crippen molar-refractivity contribution in [3.05, 3.63) is 0 Å². The molecule has 0 fully saturated rings. The summed E-state index contributed by atoms with van der Waals surface area (Å²) in [6, 6.07) is 0. The number of ether oxygens (including phenoxy) is 4. The number of carbonyl (C=O) groups excluding carboxylic acids is 4. The number of esters is 4. The second-order valence-corrected chi connectivity index (χ2v) is 7.13. The minimum atomic E-state index is -0.352. The van der Waals surface area contributed by atoms with E-state index in [0.29, 0.717) is 38.5 Å². The number of rotatable bonds is 19. The Hall–Kier alpha value is -2.12. The average Bonchev–Trinajstić information content (AvgIpc) is 2.69. The van der Waals surface area contributed by atoms with Gasteiger partial charge in [-0.1, -0.05) is 52.4 Å². The Morgan fingerprint density at radius 3 is 1.00 bits per heavy atom. The highest BCUT2D eigenvalue weighted by atomic mass is 16.7.